The summed E-state index contributed by atoms with van der Waals surface area (Å²) in [6.07, 6.45) is 3.30. The van der Waals surface area contributed by atoms with Gasteiger partial charge >= 0.3 is 0 Å². The first kappa shape index (κ1) is 17.1. The Morgan fingerprint density at radius 1 is 1.21 bits per heavy atom. The number of hydrogen-bond donors (Lipinski definition) is 0. The summed E-state index contributed by atoms with van der Waals surface area (Å²) in [6, 6.07) is 5.55. The molecular weight excluding hydrogens is 360 g/mol. The number of hydrogen-bond acceptors (Lipinski definition) is 4. The summed E-state index contributed by atoms with van der Waals surface area (Å²) in [7, 11) is 0. The number of aromatic nitrogens is 3. The second-order valence-corrected chi connectivity index (χ2v) is 7.48. The van der Waals surface area contributed by atoms with Crippen molar-refractivity contribution >= 4 is 0 Å². The zero-order valence-corrected chi connectivity index (χ0v) is 15.5. The van der Waals surface area contributed by atoms with E-state index in [1.165, 1.54) is 18.2 Å². The molecule has 28 heavy (non-hydrogen) atoms. The molecule has 0 fully saturated rings. The van der Waals surface area contributed by atoms with E-state index < -0.39 is 17.0 Å². The molecule has 3 aromatic rings. The molecule has 0 aliphatic heterocycles. The van der Waals surface area contributed by atoms with E-state index in [4.69, 9.17) is 4.42 Å². The number of benzene rings is 1. The molecule has 2 heterocycles. The van der Waals surface area contributed by atoms with E-state index in [1.54, 1.807) is 19.2 Å². The molecule has 6 heteroatoms. The molecule has 0 saturated carbocycles. The molecule has 6 rings (SSSR count). The van der Waals surface area contributed by atoms with Gasteiger partial charge in [0.2, 0.25) is 0 Å². The van der Waals surface area contributed by atoms with Gasteiger partial charge in [-0.25, -0.2) is 13.8 Å². The van der Waals surface area contributed by atoms with E-state index in [2.05, 4.69) is 33.9 Å². The van der Waals surface area contributed by atoms with Crippen LogP contribution >= 0.6 is 0 Å². The van der Waals surface area contributed by atoms with Gasteiger partial charge in [0.1, 0.15) is 22.8 Å². The highest BCUT2D eigenvalue weighted by atomic mass is 19.1. The minimum Gasteiger partial charge on any atom is -0.444 e. The SMILES string of the molecule is Cc1ncc([C@@]23C#CC(C)[C@@H](CC2)c2cc(-c4c(F)cccc4F)nnc23)o1. The Morgan fingerprint density at radius 3 is 2.71 bits per heavy atom. The topological polar surface area (TPSA) is 51.8 Å². The van der Waals surface area contributed by atoms with Crippen LogP contribution in [0.1, 0.15) is 48.6 Å². The van der Waals surface area contributed by atoms with Crippen LogP contribution in [0.15, 0.2) is 34.9 Å². The number of halogens is 2. The van der Waals surface area contributed by atoms with Crippen LogP contribution in [0, 0.1) is 36.3 Å². The third-order valence-corrected chi connectivity index (χ3v) is 5.84. The van der Waals surface area contributed by atoms with Crippen LogP contribution in [0.3, 0.4) is 0 Å². The van der Waals surface area contributed by atoms with E-state index in [0.717, 1.165) is 18.4 Å². The van der Waals surface area contributed by atoms with Crippen LogP contribution in [0.4, 0.5) is 8.78 Å². The quantitative estimate of drug-likeness (QED) is 0.616. The van der Waals surface area contributed by atoms with Gasteiger partial charge in [0.15, 0.2) is 5.89 Å². The first-order chi connectivity index (χ1) is 13.5. The standard InChI is InChI=1S/C22H17F2N3O/c1-12-6-8-22(19-11-25-13(2)28-19)9-7-14(12)15-10-18(26-27-21(15)22)20-16(23)4-3-5-17(20)24/h3-5,10-12,14H,7,9H2,1-2H3/t12?,14-,22-/m1/s1. The predicted molar refractivity (Wildman–Crippen MR) is 98.3 cm³/mol. The van der Waals surface area contributed by atoms with Crippen LogP contribution in [0.25, 0.3) is 11.3 Å². The van der Waals surface area contributed by atoms with E-state index in [9.17, 15) is 8.78 Å². The first-order valence-corrected chi connectivity index (χ1v) is 9.28. The lowest BCUT2D eigenvalue weighted by Gasteiger charge is -2.34. The van der Waals surface area contributed by atoms with Gasteiger partial charge in [-0.05, 0) is 42.5 Å². The van der Waals surface area contributed by atoms with Crippen LogP contribution in [0.5, 0.6) is 0 Å². The molecule has 4 nitrogen and oxygen atoms in total. The van der Waals surface area contributed by atoms with Crippen LogP contribution < -0.4 is 0 Å². The number of aryl methyl sites for hydroxylation is 1. The van der Waals surface area contributed by atoms with Gasteiger partial charge in [0.25, 0.3) is 0 Å². The van der Waals surface area contributed by atoms with Crippen molar-refractivity contribution in [3.05, 3.63) is 65.0 Å². The Bertz CT molecular complexity index is 1140. The van der Waals surface area contributed by atoms with Gasteiger partial charge in [0, 0.05) is 12.8 Å². The normalized spacial score (nSPS) is 25.0. The Hall–Kier alpha value is -3.07. The van der Waals surface area contributed by atoms with Crippen molar-refractivity contribution in [2.45, 2.75) is 38.0 Å². The fourth-order valence-corrected chi connectivity index (χ4v) is 4.37. The number of nitrogens with zero attached hydrogens (tertiary/aromatic N) is 3. The molecule has 0 spiro atoms. The second kappa shape index (κ2) is 5.96. The van der Waals surface area contributed by atoms with E-state index in [1.807, 2.05) is 0 Å². The molecule has 0 amide bonds. The molecule has 3 aliphatic carbocycles. The van der Waals surface area contributed by atoms with Crippen molar-refractivity contribution in [1.82, 2.24) is 15.2 Å². The molecule has 1 aromatic carbocycles. The van der Waals surface area contributed by atoms with E-state index in [0.29, 0.717) is 17.3 Å². The van der Waals surface area contributed by atoms with Gasteiger partial charge in [0.05, 0.1) is 23.1 Å². The lowest BCUT2D eigenvalue weighted by Crippen LogP contribution is -2.33. The molecule has 2 bridgehead atoms. The zero-order chi connectivity index (χ0) is 19.5. The summed E-state index contributed by atoms with van der Waals surface area (Å²) in [4.78, 5) is 4.23. The summed E-state index contributed by atoms with van der Waals surface area (Å²) in [5.74, 6) is 6.82. The van der Waals surface area contributed by atoms with Crippen LogP contribution in [-0.4, -0.2) is 15.2 Å². The molecule has 3 atom stereocenters. The average molecular weight is 377 g/mol. The molecular formula is C22H17F2N3O. The third kappa shape index (κ3) is 2.32. The van der Waals surface area contributed by atoms with Gasteiger partial charge in [-0.15, -0.1) is 5.10 Å². The van der Waals surface area contributed by atoms with Gasteiger partial charge in [-0.3, -0.25) is 0 Å². The summed E-state index contributed by atoms with van der Waals surface area (Å²) < 4.78 is 34.4. The molecule has 1 unspecified atom stereocenters. The smallest absolute Gasteiger partial charge is 0.191 e. The van der Waals surface area contributed by atoms with Crippen LogP contribution in [-0.2, 0) is 5.41 Å². The maximum Gasteiger partial charge on any atom is 0.191 e. The Balaban J connectivity index is 1.75. The number of rotatable bonds is 2. The third-order valence-electron chi connectivity index (χ3n) is 5.84. The van der Waals surface area contributed by atoms with Crippen molar-refractivity contribution in [1.29, 1.82) is 0 Å². The minimum absolute atomic E-state index is 0.0923. The summed E-state index contributed by atoms with van der Waals surface area (Å²) in [6.45, 7) is 3.85. The van der Waals surface area contributed by atoms with Gasteiger partial charge in [-0.2, -0.15) is 5.10 Å². The average Bonchev–Trinajstić information content (AvgIpc) is 3.00. The lowest BCUT2D eigenvalue weighted by molar-refractivity contribution is 0.357. The van der Waals surface area contributed by atoms with Crippen molar-refractivity contribution in [3.63, 3.8) is 0 Å². The largest absolute Gasteiger partial charge is 0.444 e. The predicted octanol–water partition coefficient (Wildman–Crippen LogP) is 4.53. The molecule has 0 radical (unpaired) electrons. The van der Waals surface area contributed by atoms with Crippen molar-refractivity contribution in [2.24, 2.45) is 5.92 Å². The molecule has 2 aromatic heterocycles. The lowest BCUT2D eigenvalue weighted by atomic mass is 9.68. The first-order valence-electron chi connectivity index (χ1n) is 9.28. The minimum atomic E-state index is -0.725. The number of oxazole rings is 1. The summed E-state index contributed by atoms with van der Waals surface area (Å²) >= 11 is 0. The summed E-state index contributed by atoms with van der Waals surface area (Å²) in [5, 5.41) is 8.63. The molecule has 0 N–H and O–H groups in total. The Kier molecular flexibility index (Phi) is 3.63. The highest BCUT2D eigenvalue weighted by Gasteiger charge is 2.47. The van der Waals surface area contributed by atoms with Crippen molar-refractivity contribution in [2.75, 3.05) is 0 Å². The highest BCUT2D eigenvalue weighted by Crippen LogP contribution is 2.50. The number of fused-ring (bicyclic) bond motifs is 2. The van der Waals surface area contributed by atoms with Gasteiger partial charge in [-0.1, -0.05) is 24.8 Å². The Morgan fingerprint density at radius 2 is 2.00 bits per heavy atom. The fraction of sp³-hybridized carbons (Fsp3) is 0.318. The molecule has 140 valence electrons. The Labute approximate surface area is 161 Å². The maximum absolute atomic E-state index is 14.3. The van der Waals surface area contributed by atoms with E-state index in [-0.39, 0.29) is 23.1 Å². The van der Waals surface area contributed by atoms with Gasteiger partial charge < -0.3 is 4.42 Å². The maximum atomic E-state index is 14.3. The zero-order valence-electron chi connectivity index (χ0n) is 15.5. The molecule has 0 saturated heterocycles. The monoisotopic (exact) mass is 377 g/mol. The molecule has 3 aliphatic rings. The fourth-order valence-electron chi connectivity index (χ4n) is 4.37. The van der Waals surface area contributed by atoms with Crippen LogP contribution in [0.2, 0.25) is 0 Å². The summed E-state index contributed by atoms with van der Waals surface area (Å²) in [5.41, 5.74) is 0.932. The second-order valence-electron chi connectivity index (χ2n) is 7.48. The highest BCUT2D eigenvalue weighted by molar-refractivity contribution is 5.63. The van der Waals surface area contributed by atoms with Crippen molar-refractivity contribution in [3.8, 4) is 23.1 Å². The van der Waals surface area contributed by atoms with E-state index >= 15 is 0 Å². The van der Waals surface area contributed by atoms with Crippen molar-refractivity contribution < 1.29 is 13.2 Å².